The van der Waals surface area contributed by atoms with Crippen molar-refractivity contribution in [3.05, 3.63) is 35.9 Å². The first-order valence-electron chi connectivity index (χ1n) is 6.33. The number of aliphatic hydroxyl groups is 1. The molecule has 1 saturated carbocycles. The lowest BCUT2D eigenvalue weighted by molar-refractivity contribution is -0.216. The Morgan fingerprint density at radius 3 is 2.42 bits per heavy atom. The Morgan fingerprint density at radius 1 is 1.37 bits per heavy atom. The minimum Gasteiger partial charge on any atom is -0.383 e. The second-order valence-corrected chi connectivity index (χ2v) is 5.07. The number of hydrogen-bond acceptors (Lipinski definition) is 2. The average molecular weight is 269 g/mol. The van der Waals surface area contributed by atoms with Gasteiger partial charge in [0.2, 0.25) is 0 Å². The molecule has 104 valence electrons. The van der Waals surface area contributed by atoms with Crippen LogP contribution in [0, 0.1) is 0 Å². The summed E-state index contributed by atoms with van der Waals surface area (Å²) in [5, 5.41) is 11.9. The van der Waals surface area contributed by atoms with Crippen LogP contribution in [0.5, 0.6) is 0 Å². The van der Waals surface area contributed by atoms with Crippen molar-refractivity contribution in [2.24, 2.45) is 0 Å². The molecule has 0 heterocycles. The van der Waals surface area contributed by atoms with E-state index in [2.05, 4.69) is 5.32 Å². The maximum atomic E-state index is 13.9. The maximum Gasteiger partial charge on any atom is 0.352 e. The number of carbonyl (C=O) groups is 1. The van der Waals surface area contributed by atoms with Crippen molar-refractivity contribution in [1.29, 1.82) is 0 Å². The second-order valence-electron chi connectivity index (χ2n) is 5.07. The summed E-state index contributed by atoms with van der Waals surface area (Å²) in [7, 11) is 0. The fourth-order valence-electron chi connectivity index (χ4n) is 2.15. The second kappa shape index (κ2) is 4.89. The van der Waals surface area contributed by atoms with Gasteiger partial charge < -0.3 is 10.4 Å². The number of benzene rings is 1. The Balaban J connectivity index is 2.05. The van der Waals surface area contributed by atoms with E-state index in [1.54, 1.807) is 31.2 Å². The molecule has 5 heteroatoms. The number of rotatable bonds is 4. The fraction of sp³-hybridized carbons (Fsp3) is 0.500. The summed E-state index contributed by atoms with van der Waals surface area (Å²) in [6.45, 7) is 1.63. The van der Waals surface area contributed by atoms with Crippen molar-refractivity contribution < 1.29 is 18.7 Å². The van der Waals surface area contributed by atoms with Gasteiger partial charge >= 0.3 is 5.92 Å². The van der Waals surface area contributed by atoms with Gasteiger partial charge in [0.05, 0.1) is 6.04 Å². The fourth-order valence-corrected chi connectivity index (χ4v) is 2.15. The van der Waals surface area contributed by atoms with Gasteiger partial charge in [0, 0.05) is 0 Å². The van der Waals surface area contributed by atoms with Gasteiger partial charge in [0.25, 0.3) is 5.91 Å². The molecular formula is C14H17F2NO2. The van der Waals surface area contributed by atoms with Gasteiger partial charge in [-0.05, 0) is 31.7 Å². The molecule has 3 nitrogen and oxygen atoms in total. The first-order valence-corrected chi connectivity index (χ1v) is 6.33. The zero-order valence-electron chi connectivity index (χ0n) is 10.7. The normalized spacial score (nSPS) is 19.4. The molecule has 0 aromatic heterocycles. The van der Waals surface area contributed by atoms with Gasteiger partial charge in [0.15, 0.2) is 0 Å². The van der Waals surface area contributed by atoms with E-state index in [1.807, 2.05) is 6.07 Å². The molecule has 0 bridgehead atoms. The summed E-state index contributed by atoms with van der Waals surface area (Å²) < 4.78 is 27.7. The minimum absolute atomic E-state index is 0.0346. The van der Waals surface area contributed by atoms with Crippen LogP contribution in [-0.2, 0) is 4.79 Å². The van der Waals surface area contributed by atoms with Gasteiger partial charge in [0.1, 0.15) is 5.60 Å². The highest BCUT2D eigenvalue weighted by Gasteiger charge is 2.61. The van der Waals surface area contributed by atoms with E-state index >= 15 is 0 Å². The predicted octanol–water partition coefficient (Wildman–Crippen LogP) is 2.41. The van der Waals surface area contributed by atoms with Crippen LogP contribution in [-0.4, -0.2) is 22.5 Å². The van der Waals surface area contributed by atoms with E-state index in [4.69, 9.17) is 0 Å². The van der Waals surface area contributed by atoms with Gasteiger partial charge in [-0.1, -0.05) is 30.3 Å². The molecule has 1 aliphatic rings. The number of carbonyl (C=O) groups excluding carboxylic acids is 1. The molecule has 0 spiro atoms. The molecule has 1 amide bonds. The van der Waals surface area contributed by atoms with E-state index in [9.17, 15) is 18.7 Å². The standard InChI is InChI=1S/C14H17F2NO2/c1-10(11-6-3-2-4-7-11)17-12(18)14(15,16)13(19)8-5-9-13/h2-4,6-7,10,19H,5,8-9H2,1H3,(H,17,18). The van der Waals surface area contributed by atoms with Gasteiger partial charge in [-0.25, -0.2) is 0 Å². The summed E-state index contributed by atoms with van der Waals surface area (Å²) >= 11 is 0. The van der Waals surface area contributed by atoms with Crippen LogP contribution in [0.25, 0.3) is 0 Å². The summed E-state index contributed by atoms with van der Waals surface area (Å²) in [5.74, 6) is -5.15. The lowest BCUT2D eigenvalue weighted by atomic mass is 9.75. The smallest absolute Gasteiger partial charge is 0.352 e. The Hall–Kier alpha value is -1.49. The van der Waals surface area contributed by atoms with Crippen molar-refractivity contribution in [1.82, 2.24) is 5.32 Å². The van der Waals surface area contributed by atoms with E-state index in [1.165, 1.54) is 0 Å². The average Bonchev–Trinajstić information content (AvgIpc) is 2.36. The van der Waals surface area contributed by atoms with Gasteiger partial charge in [-0.3, -0.25) is 4.79 Å². The number of hydrogen-bond donors (Lipinski definition) is 2. The van der Waals surface area contributed by atoms with Crippen molar-refractivity contribution in [2.45, 2.75) is 43.8 Å². The molecule has 0 aliphatic heterocycles. The van der Waals surface area contributed by atoms with Crippen molar-refractivity contribution in [3.8, 4) is 0 Å². The molecule has 1 aromatic rings. The lowest BCUT2D eigenvalue weighted by Crippen LogP contribution is -2.60. The molecule has 0 radical (unpaired) electrons. The molecule has 19 heavy (non-hydrogen) atoms. The van der Waals surface area contributed by atoms with Gasteiger partial charge in [-0.2, -0.15) is 8.78 Å². The van der Waals surface area contributed by atoms with E-state index in [0.29, 0.717) is 6.42 Å². The highest BCUT2D eigenvalue weighted by atomic mass is 19.3. The first-order chi connectivity index (χ1) is 8.87. The quantitative estimate of drug-likeness (QED) is 0.882. The third-order valence-electron chi connectivity index (χ3n) is 3.70. The molecule has 1 aliphatic carbocycles. The number of alkyl halides is 2. The Labute approximate surface area is 110 Å². The van der Waals surface area contributed by atoms with Crippen molar-refractivity contribution in [3.63, 3.8) is 0 Å². The van der Waals surface area contributed by atoms with Crippen molar-refractivity contribution >= 4 is 5.91 Å². The van der Waals surface area contributed by atoms with Crippen LogP contribution >= 0.6 is 0 Å². The SMILES string of the molecule is CC(NC(=O)C(F)(F)C1(O)CCC1)c1ccccc1. The van der Waals surface area contributed by atoms with E-state index < -0.39 is 23.5 Å². The van der Waals surface area contributed by atoms with Crippen LogP contribution < -0.4 is 5.32 Å². The Morgan fingerprint density at radius 2 is 1.95 bits per heavy atom. The largest absolute Gasteiger partial charge is 0.383 e. The lowest BCUT2D eigenvalue weighted by Gasteiger charge is -2.41. The molecule has 1 atom stereocenters. The van der Waals surface area contributed by atoms with Crippen LogP contribution in [0.2, 0.25) is 0 Å². The molecule has 1 aromatic carbocycles. The number of amides is 1. The molecular weight excluding hydrogens is 252 g/mol. The third-order valence-corrected chi connectivity index (χ3v) is 3.70. The summed E-state index contributed by atoms with van der Waals surface area (Å²) in [6, 6.07) is 8.33. The summed E-state index contributed by atoms with van der Waals surface area (Å²) in [4.78, 5) is 11.7. The molecule has 2 N–H and O–H groups in total. The summed E-state index contributed by atoms with van der Waals surface area (Å²) in [5.41, 5.74) is -1.43. The molecule has 2 rings (SSSR count). The van der Waals surface area contributed by atoms with Crippen LogP contribution in [0.15, 0.2) is 30.3 Å². The third kappa shape index (κ3) is 2.47. The highest BCUT2D eigenvalue weighted by Crippen LogP contribution is 2.44. The van der Waals surface area contributed by atoms with Gasteiger partial charge in [-0.15, -0.1) is 0 Å². The number of halogens is 2. The molecule has 0 saturated heterocycles. The molecule has 1 unspecified atom stereocenters. The topological polar surface area (TPSA) is 49.3 Å². The van der Waals surface area contributed by atoms with Crippen molar-refractivity contribution in [2.75, 3.05) is 0 Å². The Bertz CT molecular complexity index is 458. The van der Waals surface area contributed by atoms with Crippen LogP contribution in [0.3, 0.4) is 0 Å². The Kier molecular flexibility index (Phi) is 3.58. The molecule has 1 fully saturated rings. The first kappa shape index (κ1) is 13.9. The monoisotopic (exact) mass is 269 g/mol. The predicted molar refractivity (Wildman–Crippen MR) is 66.7 cm³/mol. The van der Waals surface area contributed by atoms with E-state index in [0.717, 1.165) is 5.56 Å². The van der Waals surface area contributed by atoms with Crippen LogP contribution in [0.1, 0.15) is 37.8 Å². The van der Waals surface area contributed by atoms with Crippen LogP contribution in [0.4, 0.5) is 8.78 Å². The zero-order valence-corrected chi connectivity index (χ0v) is 10.7. The highest BCUT2D eigenvalue weighted by molar-refractivity contribution is 5.85. The maximum absolute atomic E-state index is 13.9. The number of nitrogens with one attached hydrogen (secondary N) is 1. The summed E-state index contributed by atoms with van der Waals surface area (Å²) in [6.07, 6.45) is 0.452. The minimum atomic E-state index is -3.74. The van der Waals surface area contributed by atoms with E-state index in [-0.39, 0.29) is 12.8 Å². The zero-order chi connectivity index (χ0) is 14.1.